The van der Waals surface area contributed by atoms with Crippen molar-refractivity contribution in [1.82, 2.24) is 25.4 Å². The molecule has 4 rings (SSSR count). The van der Waals surface area contributed by atoms with Crippen LogP contribution in [0.5, 0.6) is 5.75 Å². The van der Waals surface area contributed by atoms with Gasteiger partial charge in [-0.1, -0.05) is 5.16 Å². The quantitative estimate of drug-likeness (QED) is 0.573. The number of nitrogens with one attached hydrogen (secondary N) is 2. The van der Waals surface area contributed by atoms with Gasteiger partial charge < -0.3 is 19.6 Å². The summed E-state index contributed by atoms with van der Waals surface area (Å²) in [5, 5.41) is 7.59. The van der Waals surface area contributed by atoms with Crippen LogP contribution in [0.15, 0.2) is 53.3 Å². The maximum Gasteiger partial charge on any atom is 0.268 e. The summed E-state index contributed by atoms with van der Waals surface area (Å²) in [5.74, 6) is 1.24. The number of pyridine rings is 1. The van der Waals surface area contributed by atoms with Crippen LogP contribution in [0.1, 0.15) is 16.4 Å². The minimum absolute atomic E-state index is 0.135. The fourth-order valence-corrected chi connectivity index (χ4v) is 2.55. The number of methoxy groups -OCH3 is 1. The van der Waals surface area contributed by atoms with Gasteiger partial charge in [-0.2, -0.15) is 4.98 Å². The lowest BCUT2D eigenvalue weighted by molar-refractivity contribution is 0.0942. The Kier molecular flexibility index (Phi) is 4.06. The third-order valence-corrected chi connectivity index (χ3v) is 3.88. The standard InChI is InChI=1S/C18H15N5O3/c1-25-13-3-2-12-8-15(21-14(12)9-13)18(24)20-10-16-22-17(23-26-16)11-4-6-19-7-5-11/h2-9,21H,10H2,1H3,(H,20,24). The maximum atomic E-state index is 12.3. The molecule has 0 aliphatic carbocycles. The number of carbonyl (C=O) groups excluding carboxylic acids is 1. The van der Waals surface area contributed by atoms with Crippen LogP contribution in [0.2, 0.25) is 0 Å². The second-order valence-electron chi connectivity index (χ2n) is 5.57. The van der Waals surface area contributed by atoms with E-state index in [4.69, 9.17) is 9.26 Å². The van der Waals surface area contributed by atoms with Gasteiger partial charge in [0.05, 0.1) is 13.7 Å². The van der Waals surface area contributed by atoms with Gasteiger partial charge in [0, 0.05) is 34.9 Å². The van der Waals surface area contributed by atoms with Gasteiger partial charge in [0.1, 0.15) is 11.4 Å². The Balaban J connectivity index is 1.45. The fourth-order valence-electron chi connectivity index (χ4n) is 2.55. The van der Waals surface area contributed by atoms with Gasteiger partial charge in [-0.25, -0.2) is 0 Å². The van der Waals surface area contributed by atoms with Crippen molar-refractivity contribution >= 4 is 16.8 Å². The molecule has 0 aliphatic rings. The van der Waals surface area contributed by atoms with Crippen LogP contribution in [-0.2, 0) is 6.54 Å². The molecule has 2 N–H and O–H groups in total. The molecule has 8 nitrogen and oxygen atoms in total. The smallest absolute Gasteiger partial charge is 0.268 e. The number of carbonyl (C=O) groups is 1. The zero-order chi connectivity index (χ0) is 17.9. The van der Waals surface area contributed by atoms with E-state index in [1.165, 1.54) is 0 Å². The molecule has 0 spiro atoms. The van der Waals surface area contributed by atoms with Gasteiger partial charge in [0.2, 0.25) is 11.7 Å². The molecule has 26 heavy (non-hydrogen) atoms. The topological polar surface area (TPSA) is 106 Å². The van der Waals surface area contributed by atoms with Crippen molar-refractivity contribution < 1.29 is 14.1 Å². The Bertz CT molecular complexity index is 1060. The molecule has 8 heteroatoms. The summed E-state index contributed by atoms with van der Waals surface area (Å²) in [7, 11) is 1.60. The van der Waals surface area contributed by atoms with Crippen LogP contribution in [0.4, 0.5) is 0 Å². The number of hydrogen-bond acceptors (Lipinski definition) is 6. The van der Waals surface area contributed by atoms with Gasteiger partial charge in [0.15, 0.2) is 0 Å². The average molecular weight is 349 g/mol. The largest absolute Gasteiger partial charge is 0.497 e. The Morgan fingerprint density at radius 2 is 2.08 bits per heavy atom. The number of fused-ring (bicyclic) bond motifs is 1. The predicted octanol–water partition coefficient (Wildman–Crippen LogP) is 2.55. The molecule has 0 fully saturated rings. The molecular weight excluding hydrogens is 334 g/mol. The van der Waals surface area contributed by atoms with E-state index in [1.54, 1.807) is 37.7 Å². The van der Waals surface area contributed by atoms with E-state index in [0.717, 1.165) is 22.2 Å². The number of benzene rings is 1. The predicted molar refractivity (Wildman–Crippen MR) is 93.5 cm³/mol. The first-order valence-corrected chi connectivity index (χ1v) is 7.91. The van der Waals surface area contributed by atoms with E-state index >= 15 is 0 Å². The minimum Gasteiger partial charge on any atom is -0.497 e. The molecule has 3 aromatic heterocycles. The van der Waals surface area contributed by atoms with Crippen LogP contribution in [0.3, 0.4) is 0 Å². The maximum absolute atomic E-state index is 12.3. The Morgan fingerprint density at radius 3 is 2.88 bits per heavy atom. The molecule has 4 aromatic rings. The number of aromatic nitrogens is 4. The zero-order valence-corrected chi connectivity index (χ0v) is 13.9. The minimum atomic E-state index is -0.260. The SMILES string of the molecule is COc1ccc2cc(C(=O)NCc3nc(-c4ccncc4)no3)[nH]c2c1. The van der Waals surface area contributed by atoms with Crippen molar-refractivity contribution in [3.05, 3.63) is 60.4 Å². The summed E-state index contributed by atoms with van der Waals surface area (Å²) in [6.07, 6.45) is 3.30. The van der Waals surface area contributed by atoms with E-state index < -0.39 is 0 Å². The van der Waals surface area contributed by atoms with Crippen molar-refractivity contribution in [1.29, 1.82) is 0 Å². The lowest BCUT2D eigenvalue weighted by atomic mass is 10.2. The number of nitrogens with zero attached hydrogens (tertiary/aromatic N) is 3. The molecule has 0 saturated heterocycles. The molecule has 0 unspecified atom stereocenters. The molecule has 0 atom stereocenters. The lowest BCUT2D eigenvalue weighted by Gasteiger charge is -1.99. The molecule has 0 radical (unpaired) electrons. The van der Waals surface area contributed by atoms with E-state index in [9.17, 15) is 4.79 Å². The highest BCUT2D eigenvalue weighted by molar-refractivity contribution is 5.98. The monoisotopic (exact) mass is 349 g/mol. The van der Waals surface area contributed by atoms with Gasteiger partial charge >= 0.3 is 0 Å². The lowest BCUT2D eigenvalue weighted by Crippen LogP contribution is -2.23. The van der Waals surface area contributed by atoms with Crippen LogP contribution >= 0.6 is 0 Å². The molecule has 1 aromatic carbocycles. The van der Waals surface area contributed by atoms with Crippen molar-refractivity contribution in [3.8, 4) is 17.1 Å². The summed E-state index contributed by atoms with van der Waals surface area (Å²) in [6, 6.07) is 10.9. The van der Waals surface area contributed by atoms with Gasteiger partial charge in [-0.15, -0.1) is 0 Å². The average Bonchev–Trinajstić information content (AvgIpc) is 3.33. The van der Waals surface area contributed by atoms with Crippen LogP contribution < -0.4 is 10.1 Å². The van der Waals surface area contributed by atoms with Crippen LogP contribution in [-0.4, -0.2) is 33.1 Å². The third-order valence-electron chi connectivity index (χ3n) is 3.88. The van der Waals surface area contributed by atoms with Crippen molar-refractivity contribution in [2.24, 2.45) is 0 Å². The molecule has 130 valence electrons. The molecular formula is C18H15N5O3. The van der Waals surface area contributed by atoms with Crippen molar-refractivity contribution in [2.45, 2.75) is 6.54 Å². The second-order valence-corrected chi connectivity index (χ2v) is 5.57. The first-order valence-electron chi connectivity index (χ1n) is 7.91. The van der Waals surface area contributed by atoms with E-state index in [2.05, 4.69) is 25.4 Å². The third kappa shape index (κ3) is 3.12. The first kappa shape index (κ1) is 15.8. The first-order chi connectivity index (χ1) is 12.7. The number of H-pyrrole nitrogens is 1. The number of amides is 1. The van der Waals surface area contributed by atoms with E-state index in [0.29, 0.717) is 17.4 Å². The van der Waals surface area contributed by atoms with Crippen LogP contribution in [0.25, 0.3) is 22.3 Å². The number of hydrogen-bond donors (Lipinski definition) is 2. The zero-order valence-electron chi connectivity index (χ0n) is 13.9. The van der Waals surface area contributed by atoms with Gasteiger partial charge in [-0.3, -0.25) is 9.78 Å². The fraction of sp³-hybridized carbons (Fsp3) is 0.111. The van der Waals surface area contributed by atoms with Crippen molar-refractivity contribution in [3.63, 3.8) is 0 Å². The Morgan fingerprint density at radius 1 is 1.23 bits per heavy atom. The number of aromatic amines is 1. The number of rotatable bonds is 5. The molecule has 1 amide bonds. The molecule has 0 bridgehead atoms. The second kappa shape index (κ2) is 6.67. The summed E-state index contributed by atoms with van der Waals surface area (Å²) >= 11 is 0. The van der Waals surface area contributed by atoms with E-state index in [1.807, 2.05) is 18.2 Å². The highest BCUT2D eigenvalue weighted by Crippen LogP contribution is 2.21. The molecule has 0 aliphatic heterocycles. The van der Waals surface area contributed by atoms with E-state index in [-0.39, 0.29) is 12.5 Å². The number of ether oxygens (including phenoxy) is 1. The van der Waals surface area contributed by atoms with Crippen molar-refractivity contribution in [2.75, 3.05) is 7.11 Å². The molecule has 3 heterocycles. The molecule has 0 saturated carbocycles. The summed E-state index contributed by atoms with van der Waals surface area (Å²) in [4.78, 5) is 23.6. The highest BCUT2D eigenvalue weighted by Gasteiger charge is 2.13. The summed E-state index contributed by atoms with van der Waals surface area (Å²) < 4.78 is 10.4. The summed E-state index contributed by atoms with van der Waals surface area (Å²) in [6.45, 7) is 0.135. The highest BCUT2D eigenvalue weighted by atomic mass is 16.5. The summed E-state index contributed by atoms with van der Waals surface area (Å²) in [5.41, 5.74) is 2.07. The Hall–Kier alpha value is -3.68. The van der Waals surface area contributed by atoms with Crippen LogP contribution in [0, 0.1) is 0 Å². The van der Waals surface area contributed by atoms with Gasteiger partial charge in [-0.05, 0) is 30.3 Å². The normalized spacial score (nSPS) is 10.8. The Labute approximate surface area is 148 Å². The van der Waals surface area contributed by atoms with Gasteiger partial charge in [0.25, 0.3) is 5.91 Å².